The number of hydrogen-bond acceptors (Lipinski definition) is 3. The summed E-state index contributed by atoms with van der Waals surface area (Å²) in [6, 6.07) is 13.4. The van der Waals surface area contributed by atoms with E-state index in [4.69, 9.17) is 9.16 Å². The summed E-state index contributed by atoms with van der Waals surface area (Å²) in [4.78, 5) is 12.7. The first kappa shape index (κ1) is 19.6. The lowest BCUT2D eigenvalue weighted by Gasteiger charge is -2.20. The highest BCUT2D eigenvalue weighted by Crippen LogP contribution is 2.43. The molecule has 0 atom stereocenters. The Hall–Kier alpha value is -2.17. The molecule has 0 aliphatic heterocycles. The normalized spacial score (nSPS) is 12.4. The SMILES string of the molecule is C=C(C)C(=O)c1ccc2c(c1OCCC[Si](C)(C)OC)Cc1ccccc1-2. The fourth-order valence-corrected chi connectivity index (χ4v) is 4.73. The zero-order chi connectivity index (χ0) is 19.6. The molecule has 0 aromatic heterocycles. The quantitative estimate of drug-likeness (QED) is 0.220. The van der Waals surface area contributed by atoms with E-state index in [-0.39, 0.29) is 5.78 Å². The van der Waals surface area contributed by atoms with Crippen LogP contribution in [0.4, 0.5) is 0 Å². The number of hydrogen-bond donors (Lipinski definition) is 0. The van der Waals surface area contributed by atoms with Crippen LogP contribution in [0.25, 0.3) is 11.1 Å². The molecule has 0 N–H and O–H groups in total. The lowest BCUT2D eigenvalue weighted by molar-refractivity contribution is 0.103. The maximum Gasteiger partial charge on any atom is 0.191 e. The van der Waals surface area contributed by atoms with Crippen molar-refractivity contribution in [3.63, 3.8) is 0 Å². The van der Waals surface area contributed by atoms with E-state index >= 15 is 0 Å². The van der Waals surface area contributed by atoms with E-state index < -0.39 is 8.32 Å². The van der Waals surface area contributed by atoms with Crippen molar-refractivity contribution in [3.05, 3.63) is 65.2 Å². The van der Waals surface area contributed by atoms with Gasteiger partial charge in [0.1, 0.15) is 5.75 Å². The molecule has 0 fully saturated rings. The average molecular weight is 381 g/mol. The van der Waals surface area contributed by atoms with Crippen molar-refractivity contribution in [1.29, 1.82) is 0 Å². The lowest BCUT2D eigenvalue weighted by atomic mass is 9.97. The molecule has 0 bridgehead atoms. The number of Topliss-reactive ketones (excluding diaryl/α,β-unsaturated/α-hetero) is 1. The van der Waals surface area contributed by atoms with E-state index in [1.807, 2.05) is 12.1 Å². The minimum absolute atomic E-state index is 0.0460. The standard InChI is InChI=1S/C23H28O3Si/c1-16(2)22(24)20-12-11-19-18-10-7-6-9-17(18)15-21(19)23(20)26-13-8-14-27(4,5)25-3/h6-7,9-12H,1,8,13-15H2,2-5H3. The molecule has 3 rings (SSSR count). The number of allylic oxidation sites excluding steroid dienone is 1. The van der Waals surface area contributed by atoms with E-state index in [2.05, 4.69) is 43.9 Å². The third kappa shape index (κ3) is 4.07. The van der Waals surface area contributed by atoms with Gasteiger partial charge >= 0.3 is 0 Å². The molecule has 142 valence electrons. The van der Waals surface area contributed by atoms with Gasteiger partial charge in [0.2, 0.25) is 0 Å². The number of benzene rings is 2. The number of fused-ring (bicyclic) bond motifs is 3. The summed E-state index contributed by atoms with van der Waals surface area (Å²) in [6.45, 7) is 10.6. The first-order chi connectivity index (χ1) is 12.8. The monoisotopic (exact) mass is 380 g/mol. The van der Waals surface area contributed by atoms with Crippen LogP contribution >= 0.6 is 0 Å². The Morgan fingerprint density at radius 3 is 2.59 bits per heavy atom. The van der Waals surface area contributed by atoms with E-state index in [0.717, 1.165) is 30.2 Å². The highest BCUT2D eigenvalue weighted by molar-refractivity contribution is 6.71. The molecule has 0 heterocycles. The second-order valence-electron chi connectivity index (χ2n) is 7.83. The van der Waals surface area contributed by atoms with Crippen LogP contribution in [0, 0.1) is 0 Å². The zero-order valence-corrected chi connectivity index (χ0v) is 17.7. The molecular weight excluding hydrogens is 352 g/mol. The summed E-state index contributed by atoms with van der Waals surface area (Å²) >= 11 is 0. The zero-order valence-electron chi connectivity index (χ0n) is 16.7. The van der Waals surface area contributed by atoms with E-state index in [1.54, 1.807) is 14.0 Å². The molecular formula is C23H28O3Si. The van der Waals surface area contributed by atoms with Crippen LogP contribution in [0.15, 0.2) is 48.6 Å². The fraction of sp³-hybridized carbons (Fsp3) is 0.348. The summed E-state index contributed by atoms with van der Waals surface area (Å²) in [5.74, 6) is 0.684. The van der Waals surface area contributed by atoms with Gasteiger partial charge in [-0.3, -0.25) is 4.79 Å². The molecule has 2 aromatic rings. The van der Waals surface area contributed by atoms with Crippen molar-refractivity contribution < 1.29 is 14.0 Å². The van der Waals surface area contributed by atoms with Crippen LogP contribution < -0.4 is 4.74 Å². The Bertz CT molecular complexity index is 883. The summed E-state index contributed by atoms with van der Waals surface area (Å²) in [7, 11) is 0.188. The Balaban J connectivity index is 1.90. The number of carbonyl (C=O) groups is 1. The van der Waals surface area contributed by atoms with Gasteiger partial charge in [-0.1, -0.05) is 36.9 Å². The lowest BCUT2D eigenvalue weighted by Crippen LogP contribution is -2.28. The fourth-order valence-electron chi connectivity index (χ4n) is 3.53. The van der Waals surface area contributed by atoms with Crippen LogP contribution in [-0.2, 0) is 10.8 Å². The van der Waals surface area contributed by atoms with Crippen molar-refractivity contribution in [1.82, 2.24) is 0 Å². The number of ether oxygens (including phenoxy) is 1. The van der Waals surface area contributed by atoms with Crippen LogP contribution in [0.2, 0.25) is 19.1 Å². The summed E-state index contributed by atoms with van der Waals surface area (Å²) < 4.78 is 11.8. The molecule has 1 aliphatic carbocycles. The molecule has 0 saturated heterocycles. The van der Waals surface area contributed by atoms with Gasteiger partial charge in [-0.2, -0.15) is 0 Å². The van der Waals surface area contributed by atoms with Crippen molar-refractivity contribution in [3.8, 4) is 16.9 Å². The van der Waals surface area contributed by atoms with Gasteiger partial charge in [-0.25, -0.2) is 0 Å². The van der Waals surface area contributed by atoms with E-state index in [9.17, 15) is 4.79 Å². The Morgan fingerprint density at radius 1 is 1.15 bits per heavy atom. The predicted octanol–water partition coefficient (Wildman–Crippen LogP) is 5.64. The molecule has 2 aromatic carbocycles. The van der Waals surface area contributed by atoms with Gasteiger partial charge in [-0.05, 0) is 60.8 Å². The molecule has 1 aliphatic rings. The summed E-state index contributed by atoms with van der Waals surface area (Å²) in [5, 5.41) is 0. The van der Waals surface area contributed by atoms with E-state index in [0.29, 0.717) is 17.7 Å². The smallest absolute Gasteiger partial charge is 0.191 e. The van der Waals surface area contributed by atoms with Crippen LogP contribution in [0.5, 0.6) is 5.75 Å². The van der Waals surface area contributed by atoms with Gasteiger partial charge < -0.3 is 9.16 Å². The largest absolute Gasteiger partial charge is 0.493 e. The molecule has 0 saturated carbocycles. The maximum atomic E-state index is 12.7. The van der Waals surface area contributed by atoms with Crippen molar-refractivity contribution >= 4 is 14.1 Å². The van der Waals surface area contributed by atoms with Crippen LogP contribution in [0.3, 0.4) is 0 Å². The highest BCUT2D eigenvalue weighted by Gasteiger charge is 2.26. The van der Waals surface area contributed by atoms with Gasteiger partial charge in [0.25, 0.3) is 0 Å². The Labute approximate surface area is 163 Å². The van der Waals surface area contributed by atoms with Crippen molar-refractivity contribution in [2.45, 2.75) is 38.9 Å². The van der Waals surface area contributed by atoms with Gasteiger partial charge in [0.15, 0.2) is 14.1 Å². The molecule has 0 unspecified atom stereocenters. The number of carbonyl (C=O) groups excluding carboxylic acids is 1. The molecule has 0 spiro atoms. The van der Waals surface area contributed by atoms with Crippen LogP contribution in [0.1, 0.15) is 34.8 Å². The molecule has 3 nitrogen and oxygen atoms in total. The average Bonchev–Trinajstić information content (AvgIpc) is 3.03. The van der Waals surface area contributed by atoms with Gasteiger partial charge in [0, 0.05) is 19.1 Å². The number of rotatable bonds is 8. The summed E-state index contributed by atoms with van der Waals surface area (Å²) in [5.41, 5.74) is 5.96. The highest BCUT2D eigenvalue weighted by atomic mass is 28.4. The Morgan fingerprint density at radius 2 is 1.89 bits per heavy atom. The van der Waals surface area contributed by atoms with Gasteiger partial charge in [-0.15, -0.1) is 0 Å². The minimum atomic E-state index is -1.60. The molecule has 27 heavy (non-hydrogen) atoms. The van der Waals surface area contributed by atoms with Crippen molar-refractivity contribution in [2.75, 3.05) is 13.7 Å². The number of ketones is 1. The minimum Gasteiger partial charge on any atom is -0.493 e. The summed E-state index contributed by atoms with van der Waals surface area (Å²) in [6.07, 6.45) is 1.72. The molecule has 4 heteroatoms. The van der Waals surface area contributed by atoms with Crippen molar-refractivity contribution in [2.24, 2.45) is 0 Å². The van der Waals surface area contributed by atoms with Crippen LogP contribution in [-0.4, -0.2) is 27.8 Å². The maximum absolute atomic E-state index is 12.7. The molecule has 0 amide bonds. The van der Waals surface area contributed by atoms with E-state index in [1.165, 1.54) is 16.7 Å². The third-order valence-corrected chi connectivity index (χ3v) is 7.95. The second kappa shape index (κ2) is 7.83. The Kier molecular flexibility index (Phi) is 5.68. The van der Waals surface area contributed by atoms with Gasteiger partial charge in [0.05, 0.1) is 12.2 Å². The first-order valence-corrected chi connectivity index (χ1v) is 12.6. The molecule has 0 radical (unpaired) electrons. The third-order valence-electron chi connectivity index (χ3n) is 5.29. The predicted molar refractivity (Wildman–Crippen MR) is 113 cm³/mol. The topological polar surface area (TPSA) is 35.5 Å². The second-order valence-corrected chi connectivity index (χ2v) is 12.3. The first-order valence-electron chi connectivity index (χ1n) is 9.46.